The third-order valence-corrected chi connectivity index (χ3v) is 6.28. The van der Waals surface area contributed by atoms with Crippen LogP contribution in [0, 0.1) is 0 Å². The molecule has 0 saturated heterocycles. The lowest BCUT2D eigenvalue weighted by Crippen LogP contribution is -2.22. The van der Waals surface area contributed by atoms with Crippen molar-refractivity contribution < 1.29 is 14.0 Å². The van der Waals surface area contributed by atoms with E-state index in [4.69, 9.17) is 4.42 Å². The van der Waals surface area contributed by atoms with Gasteiger partial charge >= 0.3 is 0 Å². The second-order valence-corrected chi connectivity index (χ2v) is 8.47. The van der Waals surface area contributed by atoms with E-state index in [2.05, 4.69) is 5.32 Å². The third-order valence-electron chi connectivity index (χ3n) is 5.18. The van der Waals surface area contributed by atoms with Crippen molar-refractivity contribution in [3.05, 3.63) is 118 Å². The smallest absolute Gasteiger partial charge is 0.251 e. The fourth-order valence-corrected chi connectivity index (χ4v) is 4.58. The quantitative estimate of drug-likeness (QED) is 0.377. The first-order chi connectivity index (χ1) is 15.7. The highest BCUT2D eigenvalue weighted by atomic mass is 32.2. The number of hydrogen-bond donors (Lipinski definition) is 1. The largest absolute Gasteiger partial charge is 0.457 e. The van der Waals surface area contributed by atoms with Crippen molar-refractivity contribution in [3.8, 4) is 11.3 Å². The first kappa shape index (κ1) is 20.1. The third kappa shape index (κ3) is 4.15. The molecule has 1 aromatic heterocycles. The lowest BCUT2D eigenvalue weighted by molar-refractivity contribution is 0.0950. The van der Waals surface area contributed by atoms with Crippen molar-refractivity contribution in [1.29, 1.82) is 0 Å². The molecule has 0 aliphatic carbocycles. The van der Waals surface area contributed by atoms with Crippen LogP contribution < -0.4 is 5.32 Å². The molecule has 5 rings (SSSR count). The van der Waals surface area contributed by atoms with Crippen LogP contribution in [-0.2, 0) is 6.54 Å². The molecule has 0 spiro atoms. The van der Waals surface area contributed by atoms with E-state index in [9.17, 15) is 9.59 Å². The van der Waals surface area contributed by atoms with Crippen molar-refractivity contribution in [2.75, 3.05) is 0 Å². The van der Waals surface area contributed by atoms with Crippen molar-refractivity contribution in [2.24, 2.45) is 0 Å². The molecule has 156 valence electrons. The summed E-state index contributed by atoms with van der Waals surface area (Å²) in [5.74, 6) is 1.11. The van der Waals surface area contributed by atoms with E-state index in [1.165, 1.54) is 11.8 Å². The number of furan rings is 1. The van der Waals surface area contributed by atoms with Gasteiger partial charge in [0.25, 0.3) is 5.91 Å². The Balaban J connectivity index is 1.32. The molecule has 5 heteroatoms. The molecule has 0 fully saturated rings. The Morgan fingerprint density at radius 3 is 2.56 bits per heavy atom. The van der Waals surface area contributed by atoms with E-state index >= 15 is 0 Å². The summed E-state index contributed by atoms with van der Waals surface area (Å²) in [7, 11) is 0. The van der Waals surface area contributed by atoms with Gasteiger partial charge in [-0.2, -0.15) is 0 Å². The molecule has 1 amide bonds. The zero-order valence-corrected chi connectivity index (χ0v) is 17.9. The Labute approximate surface area is 190 Å². The molecule has 1 aliphatic rings. The normalized spacial score (nSPS) is 13.9. The molecule has 3 aromatic carbocycles. The van der Waals surface area contributed by atoms with E-state index in [1.807, 2.05) is 78.9 Å². The summed E-state index contributed by atoms with van der Waals surface area (Å²) < 4.78 is 5.97. The number of Topliss-reactive ketones (excluding diaryl/α,β-unsaturated/α-hetero) is 1. The predicted octanol–water partition coefficient (Wildman–Crippen LogP) is 6.21. The van der Waals surface area contributed by atoms with E-state index < -0.39 is 0 Å². The Kier molecular flexibility index (Phi) is 5.48. The summed E-state index contributed by atoms with van der Waals surface area (Å²) in [6, 6.07) is 28.4. The fraction of sp³-hybridized carbons (Fsp3) is 0.0370. The van der Waals surface area contributed by atoms with Gasteiger partial charge in [-0.1, -0.05) is 66.4 Å². The minimum atomic E-state index is -0.143. The van der Waals surface area contributed by atoms with Crippen LogP contribution in [0.3, 0.4) is 0 Å². The topological polar surface area (TPSA) is 59.3 Å². The Hall–Kier alpha value is -3.83. The van der Waals surface area contributed by atoms with Crippen LogP contribution in [0.5, 0.6) is 0 Å². The summed E-state index contributed by atoms with van der Waals surface area (Å²) >= 11 is 1.45. The van der Waals surface area contributed by atoms with E-state index in [1.54, 1.807) is 18.2 Å². The highest BCUT2D eigenvalue weighted by Crippen LogP contribution is 2.40. The number of hydrogen-bond acceptors (Lipinski definition) is 4. The zero-order valence-electron chi connectivity index (χ0n) is 17.1. The number of rotatable bonds is 5. The van der Waals surface area contributed by atoms with Crippen LogP contribution in [0.4, 0.5) is 0 Å². The van der Waals surface area contributed by atoms with Crippen LogP contribution in [0.1, 0.15) is 32.0 Å². The van der Waals surface area contributed by atoms with Crippen LogP contribution in [0.2, 0.25) is 0 Å². The average Bonchev–Trinajstić information content (AvgIpc) is 3.43. The molecular weight excluding hydrogens is 418 g/mol. The second kappa shape index (κ2) is 8.73. The van der Waals surface area contributed by atoms with Gasteiger partial charge < -0.3 is 9.73 Å². The van der Waals surface area contributed by atoms with Gasteiger partial charge in [-0.25, -0.2) is 0 Å². The first-order valence-electron chi connectivity index (χ1n) is 10.2. The Morgan fingerprint density at radius 2 is 1.72 bits per heavy atom. The van der Waals surface area contributed by atoms with Gasteiger partial charge in [0.15, 0.2) is 0 Å². The standard InChI is InChI=1S/C27H19NO3S/c29-26-22-11-4-5-12-24(22)32-25(26)16-21-13-14-23(31-21)19-9-6-10-20(15-19)27(30)28-17-18-7-2-1-3-8-18/h1-16H,17H2,(H,28,30). The van der Waals surface area contributed by atoms with E-state index in [-0.39, 0.29) is 11.7 Å². The van der Waals surface area contributed by atoms with Crippen molar-refractivity contribution in [1.82, 2.24) is 5.32 Å². The summed E-state index contributed by atoms with van der Waals surface area (Å²) in [6.07, 6.45) is 1.77. The van der Waals surface area contributed by atoms with Crippen LogP contribution in [0.15, 0.2) is 105 Å². The van der Waals surface area contributed by atoms with Gasteiger partial charge in [-0.3, -0.25) is 9.59 Å². The van der Waals surface area contributed by atoms with Gasteiger partial charge in [-0.15, -0.1) is 0 Å². The van der Waals surface area contributed by atoms with Crippen LogP contribution in [-0.4, -0.2) is 11.7 Å². The number of carbonyl (C=O) groups is 2. The number of benzene rings is 3. The molecule has 2 heterocycles. The van der Waals surface area contributed by atoms with Crippen molar-refractivity contribution in [2.45, 2.75) is 11.4 Å². The summed E-state index contributed by atoms with van der Waals surface area (Å²) in [6.45, 7) is 0.469. The fourth-order valence-electron chi connectivity index (χ4n) is 3.54. The Morgan fingerprint density at radius 1 is 0.906 bits per heavy atom. The number of fused-ring (bicyclic) bond motifs is 1. The van der Waals surface area contributed by atoms with Crippen molar-refractivity contribution >= 4 is 29.5 Å². The minimum absolute atomic E-state index is 0.0145. The van der Waals surface area contributed by atoms with Gasteiger partial charge in [0, 0.05) is 28.1 Å². The first-order valence-corrected chi connectivity index (χ1v) is 11.0. The number of nitrogens with one attached hydrogen (secondary N) is 1. The van der Waals surface area contributed by atoms with Gasteiger partial charge in [0.2, 0.25) is 5.78 Å². The summed E-state index contributed by atoms with van der Waals surface area (Å²) in [5, 5.41) is 2.94. The number of amides is 1. The maximum atomic E-state index is 12.6. The molecule has 4 aromatic rings. The lowest BCUT2D eigenvalue weighted by Gasteiger charge is -2.06. The molecule has 1 aliphatic heterocycles. The zero-order chi connectivity index (χ0) is 21.9. The van der Waals surface area contributed by atoms with Gasteiger partial charge in [0.1, 0.15) is 11.5 Å². The second-order valence-electron chi connectivity index (χ2n) is 7.39. The molecule has 1 N–H and O–H groups in total. The Bertz CT molecular complexity index is 1340. The monoisotopic (exact) mass is 437 g/mol. The maximum Gasteiger partial charge on any atom is 0.251 e. The average molecular weight is 438 g/mol. The van der Waals surface area contributed by atoms with Crippen molar-refractivity contribution in [3.63, 3.8) is 0 Å². The van der Waals surface area contributed by atoms with E-state index in [0.717, 1.165) is 21.6 Å². The summed E-state index contributed by atoms with van der Waals surface area (Å²) in [5.41, 5.74) is 3.13. The molecule has 4 nitrogen and oxygen atoms in total. The number of thioether (sulfide) groups is 1. The SMILES string of the molecule is O=C(NCc1ccccc1)c1cccc(-c2ccc(C=C3Sc4ccccc4C3=O)o2)c1. The molecule has 0 radical (unpaired) electrons. The van der Waals surface area contributed by atoms with Crippen LogP contribution >= 0.6 is 11.8 Å². The van der Waals surface area contributed by atoms with Gasteiger partial charge in [-0.05, 0) is 48.0 Å². The summed E-state index contributed by atoms with van der Waals surface area (Å²) in [4.78, 5) is 26.8. The highest BCUT2D eigenvalue weighted by Gasteiger charge is 2.25. The molecule has 0 saturated carbocycles. The van der Waals surface area contributed by atoms with E-state index in [0.29, 0.717) is 28.5 Å². The number of ketones is 1. The molecule has 32 heavy (non-hydrogen) atoms. The number of carbonyl (C=O) groups excluding carboxylic acids is 2. The molecular formula is C27H19NO3S. The minimum Gasteiger partial charge on any atom is -0.457 e. The predicted molar refractivity (Wildman–Crippen MR) is 126 cm³/mol. The number of allylic oxidation sites excluding steroid dienone is 1. The lowest BCUT2D eigenvalue weighted by atomic mass is 10.1. The maximum absolute atomic E-state index is 12.6. The van der Waals surface area contributed by atoms with Crippen LogP contribution in [0.25, 0.3) is 17.4 Å². The highest BCUT2D eigenvalue weighted by molar-refractivity contribution is 8.04. The molecule has 0 atom stereocenters. The molecule has 0 bridgehead atoms. The van der Waals surface area contributed by atoms with Gasteiger partial charge in [0.05, 0.1) is 4.91 Å². The molecule has 0 unspecified atom stereocenters.